The summed E-state index contributed by atoms with van der Waals surface area (Å²) in [6, 6.07) is 4.12. The molecule has 0 spiro atoms. The lowest BCUT2D eigenvalue weighted by atomic mass is 10.1. The van der Waals surface area contributed by atoms with Gasteiger partial charge in [-0.05, 0) is 30.5 Å². The third-order valence-electron chi connectivity index (χ3n) is 3.12. The van der Waals surface area contributed by atoms with Gasteiger partial charge in [-0.2, -0.15) is 0 Å². The lowest BCUT2D eigenvalue weighted by Crippen LogP contribution is -2.07. The molecule has 112 valence electrons. The van der Waals surface area contributed by atoms with Crippen LogP contribution in [-0.4, -0.2) is 12.0 Å². The van der Waals surface area contributed by atoms with Gasteiger partial charge < -0.3 is 10.6 Å². The molecule has 0 unspecified atom stereocenters. The molecule has 0 aliphatic carbocycles. The van der Waals surface area contributed by atoms with Crippen LogP contribution in [0, 0.1) is 31.3 Å². The molecule has 6 heteroatoms. The van der Waals surface area contributed by atoms with Gasteiger partial charge in [0.25, 0.3) is 0 Å². The second-order valence-electron chi connectivity index (χ2n) is 4.80. The number of aromatic nitrogens is 1. The molecular weight excluding hydrogens is 279 g/mol. The number of aryl methyl sites for hydroxylation is 2. The first-order valence-electron chi connectivity index (χ1n) is 6.45. The molecule has 0 radical (unpaired) electrons. The van der Waals surface area contributed by atoms with E-state index in [1.54, 1.807) is 26.0 Å². The van der Waals surface area contributed by atoms with Gasteiger partial charge in [-0.3, -0.25) is 0 Å². The van der Waals surface area contributed by atoms with Gasteiger partial charge in [0.1, 0.15) is 5.82 Å². The normalized spacial score (nSPS) is 10.6. The maximum Gasteiger partial charge on any atom is 0.168 e. The minimum Gasteiger partial charge on any atom is -0.371 e. The van der Waals surface area contributed by atoms with Crippen LogP contribution in [0.25, 0.3) is 0 Å². The van der Waals surface area contributed by atoms with Crippen molar-refractivity contribution in [1.82, 2.24) is 4.98 Å². The standard InChI is InChI=1S/C15H16F3N3/c1-8-4-10(5-9(2)13(8)18)7-20-15-12(17)6-11(16)14(19-3)21-15/h4-6H,7H2,1-3H3,(H2,19,20,21). The highest BCUT2D eigenvalue weighted by Gasteiger charge is 2.11. The number of halogens is 3. The summed E-state index contributed by atoms with van der Waals surface area (Å²) in [7, 11) is 1.50. The molecule has 21 heavy (non-hydrogen) atoms. The molecule has 0 bridgehead atoms. The van der Waals surface area contributed by atoms with Gasteiger partial charge in [0, 0.05) is 19.7 Å². The van der Waals surface area contributed by atoms with Gasteiger partial charge in [0.15, 0.2) is 23.3 Å². The highest BCUT2D eigenvalue weighted by Crippen LogP contribution is 2.20. The van der Waals surface area contributed by atoms with Crippen molar-refractivity contribution >= 4 is 11.6 Å². The highest BCUT2D eigenvalue weighted by atomic mass is 19.1. The van der Waals surface area contributed by atoms with Gasteiger partial charge in [-0.25, -0.2) is 18.2 Å². The fourth-order valence-corrected chi connectivity index (χ4v) is 2.09. The number of anilines is 2. The van der Waals surface area contributed by atoms with E-state index in [1.807, 2.05) is 0 Å². The Morgan fingerprint density at radius 3 is 2.10 bits per heavy atom. The summed E-state index contributed by atoms with van der Waals surface area (Å²) in [6.07, 6.45) is 0. The molecule has 0 amide bonds. The van der Waals surface area contributed by atoms with Crippen LogP contribution in [-0.2, 0) is 6.54 Å². The minimum absolute atomic E-state index is 0.0367. The van der Waals surface area contributed by atoms with Crippen molar-refractivity contribution < 1.29 is 13.2 Å². The smallest absolute Gasteiger partial charge is 0.168 e. The van der Waals surface area contributed by atoms with Crippen molar-refractivity contribution in [3.8, 4) is 0 Å². The largest absolute Gasteiger partial charge is 0.371 e. The third kappa shape index (κ3) is 3.26. The van der Waals surface area contributed by atoms with Crippen LogP contribution in [0.2, 0.25) is 0 Å². The molecule has 3 nitrogen and oxygen atoms in total. The van der Waals surface area contributed by atoms with Crippen LogP contribution < -0.4 is 10.6 Å². The number of pyridine rings is 1. The van der Waals surface area contributed by atoms with E-state index in [4.69, 9.17) is 0 Å². The van der Waals surface area contributed by atoms with Crippen molar-refractivity contribution in [1.29, 1.82) is 0 Å². The summed E-state index contributed by atoms with van der Waals surface area (Å²) >= 11 is 0. The monoisotopic (exact) mass is 295 g/mol. The number of hydrogen-bond donors (Lipinski definition) is 2. The van der Waals surface area contributed by atoms with Gasteiger partial charge in [-0.15, -0.1) is 0 Å². The molecule has 0 saturated heterocycles. The molecule has 2 N–H and O–H groups in total. The molecule has 0 aliphatic rings. The molecule has 0 fully saturated rings. The molecule has 2 aromatic rings. The fraction of sp³-hybridized carbons (Fsp3) is 0.267. The topological polar surface area (TPSA) is 37.0 Å². The third-order valence-corrected chi connectivity index (χ3v) is 3.12. The van der Waals surface area contributed by atoms with Crippen LogP contribution in [0.5, 0.6) is 0 Å². The predicted molar refractivity (Wildman–Crippen MR) is 76.9 cm³/mol. The van der Waals surface area contributed by atoms with E-state index in [9.17, 15) is 13.2 Å². The minimum atomic E-state index is -0.776. The first-order chi connectivity index (χ1) is 9.92. The Bertz CT molecular complexity index is 648. The van der Waals surface area contributed by atoms with E-state index >= 15 is 0 Å². The van der Waals surface area contributed by atoms with E-state index in [2.05, 4.69) is 15.6 Å². The van der Waals surface area contributed by atoms with Crippen LogP contribution in [0.15, 0.2) is 18.2 Å². The van der Waals surface area contributed by atoms with E-state index in [-0.39, 0.29) is 24.0 Å². The summed E-state index contributed by atoms with van der Waals surface area (Å²) in [6.45, 7) is 3.60. The van der Waals surface area contributed by atoms with Gasteiger partial charge >= 0.3 is 0 Å². The molecule has 1 aromatic carbocycles. The van der Waals surface area contributed by atoms with Crippen molar-refractivity contribution in [2.45, 2.75) is 20.4 Å². The van der Waals surface area contributed by atoms with Crippen molar-refractivity contribution in [2.24, 2.45) is 0 Å². The van der Waals surface area contributed by atoms with E-state index in [0.29, 0.717) is 11.1 Å². The SMILES string of the molecule is CNc1nc(NCc2cc(C)c(F)c(C)c2)c(F)cc1F. The summed E-state index contributed by atoms with van der Waals surface area (Å²) in [4.78, 5) is 3.82. The maximum absolute atomic E-state index is 13.6. The summed E-state index contributed by atoms with van der Waals surface area (Å²) in [5.74, 6) is -1.87. The number of rotatable bonds is 4. The molecular formula is C15H16F3N3. The highest BCUT2D eigenvalue weighted by molar-refractivity contribution is 5.47. The Labute approximate surface area is 121 Å². The predicted octanol–water partition coefficient (Wildman–Crippen LogP) is 3.77. The number of nitrogens with one attached hydrogen (secondary N) is 2. The number of benzene rings is 1. The molecule has 1 heterocycles. The molecule has 0 saturated carbocycles. The van der Waals surface area contributed by atoms with Gasteiger partial charge in [-0.1, -0.05) is 12.1 Å². The Kier molecular flexibility index (Phi) is 4.35. The summed E-state index contributed by atoms with van der Waals surface area (Å²) in [5.41, 5.74) is 1.84. The zero-order valence-electron chi connectivity index (χ0n) is 12.0. The Hall–Kier alpha value is -2.24. The number of nitrogens with zero attached hydrogens (tertiary/aromatic N) is 1. The first-order valence-corrected chi connectivity index (χ1v) is 6.45. The molecule has 0 aliphatic heterocycles. The summed E-state index contributed by atoms with van der Waals surface area (Å²) in [5, 5.41) is 5.33. The fourth-order valence-electron chi connectivity index (χ4n) is 2.09. The Morgan fingerprint density at radius 1 is 0.952 bits per heavy atom. The quantitative estimate of drug-likeness (QED) is 0.901. The van der Waals surface area contributed by atoms with Crippen molar-refractivity contribution in [3.63, 3.8) is 0 Å². The maximum atomic E-state index is 13.6. The lowest BCUT2D eigenvalue weighted by molar-refractivity contribution is 0.578. The van der Waals surface area contributed by atoms with E-state index in [1.165, 1.54) is 7.05 Å². The van der Waals surface area contributed by atoms with Crippen LogP contribution in [0.3, 0.4) is 0 Å². The van der Waals surface area contributed by atoms with Crippen LogP contribution in [0.4, 0.5) is 24.8 Å². The summed E-state index contributed by atoms with van der Waals surface area (Å²) < 4.78 is 40.5. The average molecular weight is 295 g/mol. The second-order valence-corrected chi connectivity index (χ2v) is 4.80. The average Bonchev–Trinajstić information content (AvgIpc) is 2.43. The van der Waals surface area contributed by atoms with E-state index in [0.717, 1.165) is 11.6 Å². The van der Waals surface area contributed by atoms with Gasteiger partial charge in [0.05, 0.1) is 0 Å². The van der Waals surface area contributed by atoms with Crippen LogP contribution >= 0.6 is 0 Å². The molecule has 1 aromatic heterocycles. The molecule has 0 atom stereocenters. The first kappa shape index (κ1) is 15.2. The Morgan fingerprint density at radius 2 is 1.52 bits per heavy atom. The van der Waals surface area contributed by atoms with Crippen molar-refractivity contribution in [3.05, 3.63) is 52.3 Å². The van der Waals surface area contributed by atoms with Crippen LogP contribution in [0.1, 0.15) is 16.7 Å². The second kappa shape index (κ2) is 6.03. The lowest BCUT2D eigenvalue weighted by Gasteiger charge is -2.11. The zero-order chi connectivity index (χ0) is 15.6. The number of hydrogen-bond acceptors (Lipinski definition) is 3. The van der Waals surface area contributed by atoms with Crippen molar-refractivity contribution in [2.75, 3.05) is 17.7 Å². The van der Waals surface area contributed by atoms with Gasteiger partial charge in [0.2, 0.25) is 0 Å². The Balaban J connectivity index is 2.20. The van der Waals surface area contributed by atoms with E-state index < -0.39 is 11.6 Å². The molecule has 2 rings (SSSR count). The zero-order valence-corrected chi connectivity index (χ0v) is 12.0.